The summed E-state index contributed by atoms with van der Waals surface area (Å²) in [5.74, 6) is -0.441. The zero-order valence-electron chi connectivity index (χ0n) is 12.1. The fraction of sp³-hybridized carbons (Fsp3) is 0.286. The molecule has 0 atom stereocenters. The van der Waals surface area contributed by atoms with Crippen LogP contribution in [0.5, 0.6) is 0 Å². The van der Waals surface area contributed by atoms with Crippen molar-refractivity contribution in [3.63, 3.8) is 0 Å². The van der Waals surface area contributed by atoms with Crippen molar-refractivity contribution in [3.8, 4) is 0 Å². The molecule has 0 radical (unpaired) electrons. The lowest BCUT2D eigenvalue weighted by Gasteiger charge is -2.34. The Kier molecular flexibility index (Phi) is 5.21. The molecular formula is C14H16N4O4. The summed E-state index contributed by atoms with van der Waals surface area (Å²) in [4.78, 5) is 25.6. The number of nitro groups is 1. The molecule has 8 heteroatoms. The van der Waals surface area contributed by atoms with Gasteiger partial charge in [-0.15, -0.1) is 0 Å². The molecule has 1 heterocycles. The van der Waals surface area contributed by atoms with Crippen molar-refractivity contribution < 1.29 is 14.6 Å². The van der Waals surface area contributed by atoms with Crippen LogP contribution in [0.15, 0.2) is 41.5 Å². The smallest absolute Gasteiger partial charge is 0.284 e. The van der Waals surface area contributed by atoms with Crippen LogP contribution >= 0.6 is 0 Å². The van der Waals surface area contributed by atoms with Crippen LogP contribution in [-0.2, 0) is 9.53 Å². The predicted molar refractivity (Wildman–Crippen MR) is 80.0 cm³/mol. The first-order valence-electron chi connectivity index (χ1n) is 6.72. The number of guanidine groups is 1. The number of carbonyl (C=O) groups excluding carboxylic acids is 1. The van der Waals surface area contributed by atoms with Crippen LogP contribution < -0.4 is 0 Å². The van der Waals surface area contributed by atoms with Crippen LogP contribution in [0.2, 0.25) is 0 Å². The van der Waals surface area contributed by atoms with Gasteiger partial charge < -0.3 is 9.64 Å². The summed E-state index contributed by atoms with van der Waals surface area (Å²) >= 11 is 0. The molecule has 0 aliphatic carbocycles. The molecule has 0 saturated carbocycles. The first kappa shape index (κ1) is 15.6. The first-order chi connectivity index (χ1) is 10.6. The van der Waals surface area contributed by atoms with Crippen LogP contribution in [0, 0.1) is 10.1 Å². The molecule has 1 aliphatic heterocycles. The number of nitrogens with zero attached hydrogens (tertiary/aromatic N) is 4. The van der Waals surface area contributed by atoms with Gasteiger partial charge >= 0.3 is 0 Å². The van der Waals surface area contributed by atoms with Crippen LogP contribution in [0.4, 0.5) is 0 Å². The normalized spacial score (nSPS) is 17.2. The lowest BCUT2D eigenvalue weighted by atomic mass is 10.2. The Morgan fingerprint density at radius 2 is 2.14 bits per heavy atom. The van der Waals surface area contributed by atoms with Gasteiger partial charge in [0.2, 0.25) is 0 Å². The molecule has 1 aromatic rings. The summed E-state index contributed by atoms with van der Waals surface area (Å²) in [5.41, 5.74) is 0.855. The third-order valence-electron chi connectivity index (χ3n) is 3.03. The first-order valence-corrected chi connectivity index (χ1v) is 6.72. The second-order valence-corrected chi connectivity index (χ2v) is 4.47. The zero-order valence-corrected chi connectivity index (χ0v) is 12.1. The van der Waals surface area contributed by atoms with E-state index in [1.165, 1.54) is 11.0 Å². The summed E-state index contributed by atoms with van der Waals surface area (Å²) in [7, 11) is 0. The third kappa shape index (κ3) is 3.89. The molecule has 0 aromatic heterocycles. The number of hydrogen-bond donors (Lipinski definition) is 0. The maximum atomic E-state index is 12.3. The number of hydrazone groups is 1. The topological polar surface area (TPSA) is 88.3 Å². The highest BCUT2D eigenvalue weighted by Gasteiger charge is 2.30. The van der Waals surface area contributed by atoms with Gasteiger partial charge in [-0.1, -0.05) is 30.3 Å². The fourth-order valence-electron chi connectivity index (χ4n) is 1.94. The molecule has 0 unspecified atom stereocenters. The quantitative estimate of drug-likeness (QED) is 0.476. The van der Waals surface area contributed by atoms with Gasteiger partial charge in [0.05, 0.1) is 0 Å². The number of rotatable bonds is 4. The lowest BCUT2D eigenvalue weighted by molar-refractivity contribution is -0.486. The summed E-state index contributed by atoms with van der Waals surface area (Å²) < 4.78 is 5.26. The van der Waals surface area contributed by atoms with Crippen LogP contribution in [0.25, 0.3) is 6.08 Å². The molecule has 0 N–H and O–H groups in total. The molecule has 0 bridgehead atoms. The van der Waals surface area contributed by atoms with Gasteiger partial charge in [0.25, 0.3) is 11.9 Å². The van der Waals surface area contributed by atoms with E-state index >= 15 is 0 Å². The van der Waals surface area contributed by atoms with Crippen molar-refractivity contribution in [3.05, 3.63) is 52.1 Å². The van der Waals surface area contributed by atoms with Crippen molar-refractivity contribution in [1.29, 1.82) is 0 Å². The Bertz CT molecular complexity index is 600. The van der Waals surface area contributed by atoms with Gasteiger partial charge in [-0.25, -0.2) is 15.0 Å². The van der Waals surface area contributed by atoms with Crippen LogP contribution in [0.3, 0.4) is 0 Å². The maximum absolute atomic E-state index is 12.3. The average molecular weight is 304 g/mol. The standard InChI is InChI=1S/C14H16N4O4/c1-2-16-10-22-11-17(14(16)15-18(20)21)13(19)9-8-12-6-4-3-5-7-12/h3-9H,2,10-11H2,1H3/b9-8+,15-14+. The summed E-state index contributed by atoms with van der Waals surface area (Å²) in [6, 6.07) is 9.28. The summed E-state index contributed by atoms with van der Waals surface area (Å²) in [6.07, 6.45) is 2.98. The van der Waals surface area contributed by atoms with E-state index in [0.29, 0.717) is 6.54 Å². The number of hydrogen-bond acceptors (Lipinski definition) is 4. The van der Waals surface area contributed by atoms with Crippen molar-refractivity contribution in [1.82, 2.24) is 9.80 Å². The lowest BCUT2D eigenvalue weighted by Crippen LogP contribution is -2.53. The van der Waals surface area contributed by atoms with E-state index in [9.17, 15) is 14.9 Å². The molecule has 1 amide bonds. The second-order valence-electron chi connectivity index (χ2n) is 4.47. The van der Waals surface area contributed by atoms with Gasteiger partial charge in [-0.3, -0.25) is 4.79 Å². The van der Waals surface area contributed by atoms with Crippen LogP contribution in [0.1, 0.15) is 12.5 Å². The van der Waals surface area contributed by atoms with E-state index in [2.05, 4.69) is 5.10 Å². The third-order valence-corrected chi connectivity index (χ3v) is 3.03. The highest BCUT2D eigenvalue weighted by molar-refractivity contribution is 6.03. The Morgan fingerprint density at radius 1 is 1.41 bits per heavy atom. The van der Waals surface area contributed by atoms with Gasteiger partial charge in [-0.2, -0.15) is 0 Å². The largest absolute Gasteiger partial charge is 0.340 e. The highest BCUT2D eigenvalue weighted by Crippen LogP contribution is 2.10. The van der Waals surface area contributed by atoms with Gasteiger partial charge in [0, 0.05) is 12.6 Å². The van der Waals surface area contributed by atoms with E-state index in [1.807, 2.05) is 30.3 Å². The Morgan fingerprint density at radius 3 is 2.77 bits per heavy atom. The maximum Gasteiger partial charge on any atom is 0.284 e. The monoisotopic (exact) mass is 304 g/mol. The summed E-state index contributed by atoms with van der Waals surface area (Å²) in [5, 5.41) is 13.2. The minimum absolute atomic E-state index is 0.0125. The van der Waals surface area contributed by atoms with E-state index in [0.717, 1.165) is 10.5 Å². The molecule has 1 aliphatic rings. The number of amides is 1. The molecule has 116 valence electrons. The molecule has 8 nitrogen and oxygen atoms in total. The Labute approximate surface area is 127 Å². The van der Waals surface area contributed by atoms with Crippen molar-refractivity contribution in [2.45, 2.75) is 6.92 Å². The average Bonchev–Trinajstić information content (AvgIpc) is 2.53. The second kappa shape index (κ2) is 7.32. The van der Waals surface area contributed by atoms with E-state index in [1.54, 1.807) is 13.0 Å². The molecule has 1 fully saturated rings. The van der Waals surface area contributed by atoms with E-state index in [-0.39, 0.29) is 19.4 Å². The van der Waals surface area contributed by atoms with Crippen molar-refractivity contribution in [2.24, 2.45) is 5.10 Å². The van der Waals surface area contributed by atoms with Crippen molar-refractivity contribution >= 4 is 17.9 Å². The van der Waals surface area contributed by atoms with Gasteiger partial charge in [0.15, 0.2) is 5.03 Å². The summed E-state index contributed by atoms with van der Waals surface area (Å²) in [6.45, 7) is 2.34. The molecule has 0 spiro atoms. The number of carbonyl (C=O) groups is 1. The molecule has 1 saturated heterocycles. The number of benzene rings is 1. The predicted octanol–water partition coefficient (Wildman–Crippen LogP) is 1.34. The van der Waals surface area contributed by atoms with E-state index < -0.39 is 10.9 Å². The molecule has 1 aromatic carbocycles. The highest BCUT2D eigenvalue weighted by atomic mass is 16.7. The minimum Gasteiger partial charge on any atom is -0.340 e. The zero-order chi connectivity index (χ0) is 15.9. The SMILES string of the molecule is CCN1COCN(C(=O)/C=C/c2ccccc2)/C1=N/[N+](=O)[O-]. The Hall–Kier alpha value is -2.74. The Balaban J connectivity index is 2.18. The fourth-order valence-corrected chi connectivity index (χ4v) is 1.94. The molecule has 2 rings (SSSR count). The van der Waals surface area contributed by atoms with E-state index in [4.69, 9.17) is 4.74 Å². The minimum atomic E-state index is -0.815. The molecular weight excluding hydrogens is 288 g/mol. The van der Waals surface area contributed by atoms with Gasteiger partial charge in [-0.05, 0) is 18.6 Å². The van der Waals surface area contributed by atoms with Crippen molar-refractivity contribution in [2.75, 3.05) is 20.0 Å². The van der Waals surface area contributed by atoms with Crippen LogP contribution in [-0.4, -0.2) is 46.7 Å². The van der Waals surface area contributed by atoms with Gasteiger partial charge in [0.1, 0.15) is 18.6 Å². The molecule has 22 heavy (non-hydrogen) atoms. The number of ether oxygens (including phenoxy) is 1.